The van der Waals surface area contributed by atoms with Crippen LogP contribution in [0.1, 0.15) is 16.5 Å². The number of hydrogen-bond acceptors (Lipinski definition) is 5. The lowest BCUT2D eigenvalue weighted by atomic mass is 10.3. The van der Waals surface area contributed by atoms with Crippen LogP contribution in [-0.2, 0) is 6.42 Å². The smallest absolute Gasteiger partial charge is 0.141 e. The van der Waals surface area contributed by atoms with Crippen LogP contribution >= 0.6 is 27.3 Å². The van der Waals surface area contributed by atoms with Crippen LogP contribution in [0.25, 0.3) is 0 Å². The standard InChI is InChI=1S/C9H9BrN4S/c1-5-13-6(4-15-5)2-8-12-3-7(10)9(11)14-8/h3-4H,2H2,1H3,(H2,11,12,14). The molecule has 0 saturated heterocycles. The van der Waals surface area contributed by atoms with E-state index in [4.69, 9.17) is 5.73 Å². The van der Waals surface area contributed by atoms with Gasteiger partial charge in [-0.25, -0.2) is 15.0 Å². The summed E-state index contributed by atoms with van der Waals surface area (Å²) < 4.78 is 0.723. The van der Waals surface area contributed by atoms with Gasteiger partial charge in [-0.2, -0.15) is 0 Å². The largest absolute Gasteiger partial charge is 0.383 e. The van der Waals surface area contributed by atoms with Crippen molar-refractivity contribution in [2.75, 3.05) is 5.73 Å². The zero-order chi connectivity index (χ0) is 10.8. The Balaban J connectivity index is 2.21. The molecular formula is C9H9BrN4S. The second-order valence-corrected chi connectivity index (χ2v) is 4.97. The molecule has 0 unspecified atom stereocenters. The summed E-state index contributed by atoms with van der Waals surface area (Å²) in [5, 5.41) is 3.06. The van der Waals surface area contributed by atoms with Crippen LogP contribution in [0.5, 0.6) is 0 Å². The van der Waals surface area contributed by atoms with Gasteiger partial charge in [-0.3, -0.25) is 0 Å². The fourth-order valence-corrected chi connectivity index (χ4v) is 1.96. The molecule has 0 atom stereocenters. The number of nitrogens with two attached hydrogens (primary N) is 1. The van der Waals surface area contributed by atoms with Gasteiger partial charge in [-0.1, -0.05) is 0 Å². The van der Waals surface area contributed by atoms with Crippen LogP contribution in [0, 0.1) is 6.92 Å². The molecule has 0 fully saturated rings. The Morgan fingerprint density at radius 3 is 2.87 bits per heavy atom. The Morgan fingerprint density at radius 2 is 2.27 bits per heavy atom. The van der Waals surface area contributed by atoms with Crippen molar-refractivity contribution in [2.45, 2.75) is 13.3 Å². The lowest BCUT2D eigenvalue weighted by molar-refractivity contribution is 0.941. The lowest BCUT2D eigenvalue weighted by Crippen LogP contribution is -2.01. The van der Waals surface area contributed by atoms with Crippen LogP contribution in [0.4, 0.5) is 5.82 Å². The first-order valence-corrected chi connectivity index (χ1v) is 6.00. The molecule has 0 saturated carbocycles. The molecule has 0 aromatic carbocycles. The Kier molecular flexibility index (Phi) is 2.97. The highest BCUT2D eigenvalue weighted by Gasteiger charge is 2.05. The maximum Gasteiger partial charge on any atom is 0.141 e. The molecule has 0 aliphatic carbocycles. The molecule has 4 nitrogen and oxygen atoms in total. The highest BCUT2D eigenvalue weighted by Crippen LogP contribution is 2.16. The number of halogens is 1. The van der Waals surface area contributed by atoms with E-state index < -0.39 is 0 Å². The summed E-state index contributed by atoms with van der Waals surface area (Å²) in [6.45, 7) is 1.98. The SMILES string of the molecule is Cc1nc(Cc2ncc(Br)c(N)n2)cs1. The molecule has 0 bridgehead atoms. The maximum atomic E-state index is 5.66. The summed E-state index contributed by atoms with van der Waals surface area (Å²) in [5.41, 5.74) is 6.65. The third kappa shape index (κ3) is 2.51. The highest BCUT2D eigenvalue weighted by atomic mass is 79.9. The first-order valence-electron chi connectivity index (χ1n) is 4.33. The fourth-order valence-electron chi connectivity index (χ4n) is 1.16. The minimum absolute atomic E-state index is 0.465. The molecule has 0 aliphatic heterocycles. The molecule has 2 heterocycles. The molecule has 6 heteroatoms. The minimum Gasteiger partial charge on any atom is -0.383 e. The number of nitrogens with zero attached hydrogens (tertiary/aromatic N) is 3. The van der Waals surface area contributed by atoms with Crippen molar-refractivity contribution in [3.05, 3.63) is 32.6 Å². The van der Waals surface area contributed by atoms with Crippen molar-refractivity contribution in [3.63, 3.8) is 0 Å². The summed E-state index contributed by atoms with van der Waals surface area (Å²) in [4.78, 5) is 12.7. The van der Waals surface area contributed by atoms with Gasteiger partial charge in [0.15, 0.2) is 0 Å². The molecular weight excluding hydrogens is 276 g/mol. The molecule has 0 spiro atoms. The van der Waals surface area contributed by atoms with Crippen LogP contribution in [0.3, 0.4) is 0 Å². The number of aromatic nitrogens is 3. The van der Waals surface area contributed by atoms with Gasteiger partial charge in [0.1, 0.15) is 11.6 Å². The summed E-state index contributed by atoms with van der Waals surface area (Å²) in [6.07, 6.45) is 2.29. The zero-order valence-electron chi connectivity index (χ0n) is 8.07. The quantitative estimate of drug-likeness (QED) is 0.918. The van der Waals surface area contributed by atoms with Gasteiger partial charge < -0.3 is 5.73 Å². The van der Waals surface area contributed by atoms with Crippen molar-refractivity contribution in [1.29, 1.82) is 0 Å². The Labute approximate surface area is 99.7 Å². The van der Waals surface area contributed by atoms with Crippen molar-refractivity contribution < 1.29 is 0 Å². The first-order chi connectivity index (χ1) is 7.15. The number of nitrogen functional groups attached to an aromatic ring is 1. The average molecular weight is 285 g/mol. The van der Waals surface area contributed by atoms with E-state index >= 15 is 0 Å². The molecule has 2 rings (SSSR count). The Hall–Kier alpha value is -1.01. The van der Waals surface area contributed by atoms with Gasteiger partial charge in [0.2, 0.25) is 0 Å². The van der Waals surface area contributed by atoms with Crippen LogP contribution in [-0.4, -0.2) is 15.0 Å². The number of rotatable bonds is 2. The van der Waals surface area contributed by atoms with E-state index in [9.17, 15) is 0 Å². The van der Waals surface area contributed by atoms with E-state index in [1.54, 1.807) is 17.5 Å². The number of thiazole rings is 1. The summed E-state index contributed by atoms with van der Waals surface area (Å²) in [6, 6.07) is 0. The monoisotopic (exact) mass is 284 g/mol. The van der Waals surface area contributed by atoms with E-state index in [-0.39, 0.29) is 0 Å². The zero-order valence-corrected chi connectivity index (χ0v) is 10.5. The summed E-state index contributed by atoms with van der Waals surface area (Å²) in [7, 11) is 0. The first kappa shape index (κ1) is 10.5. The Morgan fingerprint density at radius 1 is 1.47 bits per heavy atom. The summed E-state index contributed by atoms with van der Waals surface area (Å²) >= 11 is 4.88. The van der Waals surface area contributed by atoms with Crippen molar-refractivity contribution in [2.24, 2.45) is 0 Å². The normalized spacial score (nSPS) is 10.5. The number of aryl methyl sites for hydroxylation is 1. The predicted octanol–water partition coefficient (Wildman–Crippen LogP) is 2.18. The van der Waals surface area contributed by atoms with Crippen molar-refractivity contribution in [1.82, 2.24) is 15.0 Å². The predicted molar refractivity (Wildman–Crippen MR) is 63.8 cm³/mol. The number of hydrogen-bond donors (Lipinski definition) is 1. The van der Waals surface area contributed by atoms with Crippen LogP contribution < -0.4 is 5.73 Å². The molecule has 0 amide bonds. The van der Waals surface area contributed by atoms with E-state index in [0.717, 1.165) is 15.2 Å². The van der Waals surface area contributed by atoms with E-state index in [1.165, 1.54) is 0 Å². The Bertz CT molecular complexity index is 483. The van der Waals surface area contributed by atoms with Gasteiger partial charge in [-0.05, 0) is 22.9 Å². The van der Waals surface area contributed by atoms with Gasteiger partial charge in [0, 0.05) is 11.6 Å². The third-order valence-corrected chi connectivity index (χ3v) is 3.26. The van der Waals surface area contributed by atoms with Gasteiger partial charge in [0.25, 0.3) is 0 Å². The van der Waals surface area contributed by atoms with Gasteiger partial charge >= 0.3 is 0 Å². The number of anilines is 1. The molecule has 2 aromatic rings. The molecule has 0 radical (unpaired) electrons. The highest BCUT2D eigenvalue weighted by molar-refractivity contribution is 9.10. The minimum atomic E-state index is 0.465. The van der Waals surface area contributed by atoms with Crippen LogP contribution in [0.2, 0.25) is 0 Å². The second kappa shape index (κ2) is 4.24. The lowest BCUT2D eigenvalue weighted by Gasteiger charge is -2.00. The molecule has 78 valence electrons. The van der Waals surface area contributed by atoms with E-state index in [2.05, 4.69) is 30.9 Å². The third-order valence-electron chi connectivity index (χ3n) is 1.83. The topological polar surface area (TPSA) is 64.7 Å². The van der Waals surface area contributed by atoms with Gasteiger partial charge in [0.05, 0.1) is 21.6 Å². The second-order valence-electron chi connectivity index (χ2n) is 3.05. The van der Waals surface area contributed by atoms with Crippen molar-refractivity contribution in [3.8, 4) is 0 Å². The molecule has 15 heavy (non-hydrogen) atoms. The van der Waals surface area contributed by atoms with E-state index in [1.807, 2.05) is 12.3 Å². The average Bonchev–Trinajstić information content (AvgIpc) is 2.58. The summed E-state index contributed by atoms with van der Waals surface area (Å²) in [5.74, 6) is 1.16. The molecule has 2 N–H and O–H groups in total. The molecule has 0 aliphatic rings. The van der Waals surface area contributed by atoms with Crippen LogP contribution in [0.15, 0.2) is 16.0 Å². The molecule has 2 aromatic heterocycles. The van der Waals surface area contributed by atoms with Gasteiger partial charge in [-0.15, -0.1) is 11.3 Å². The fraction of sp³-hybridized carbons (Fsp3) is 0.222. The van der Waals surface area contributed by atoms with Crippen molar-refractivity contribution >= 4 is 33.1 Å². The maximum absolute atomic E-state index is 5.66. The van der Waals surface area contributed by atoms with E-state index in [0.29, 0.717) is 18.1 Å².